The van der Waals surface area contributed by atoms with E-state index in [4.69, 9.17) is 0 Å². The molecule has 0 bridgehead atoms. The predicted octanol–water partition coefficient (Wildman–Crippen LogP) is 4.56. The Balaban J connectivity index is 1.82. The van der Waals surface area contributed by atoms with Crippen LogP contribution >= 0.6 is 15.9 Å². The molecule has 3 unspecified atom stereocenters. The van der Waals surface area contributed by atoms with E-state index >= 15 is 0 Å². The molecule has 0 heterocycles. The molecule has 1 nitrogen and oxygen atoms in total. The van der Waals surface area contributed by atoms with Gasteiger partial charge in [0.25, 0.3) is 0 Å². The molecule has 1 N–H and O–H groups in total. The molecule has 104 valence electrons. The SMILES string of the molecule is CNCC(c1ccccc1Br)C1CC1c1ccccc1. The third-order valence-electron chi connectivity index (χ3n) is 4.31. The zero-order valence-corrected chi connectivity index (χ0v) is 13.3. The molecule has 2 aromatic carbocycles. The molecular weight excluding hydrogens is 310 g/mol. The molecule has 1 aliphatic rings. The van der Waals surface area contributed by atoms with Crippen molar-refractivity contribution in [2.45, 2.75) is 18.3 Å². The molecule has 2 aromatic rings. The molecule has 1 aliphatic carbocycles. The van der Waals surface area contributed by atoms with Crippen LogP contribution in [-0.2, 0) is 0 Å². The largest absolute Gasteiger partial charge is 0.319 e. The van der Waals surface area contributed by atoms with Crippen LogP contribution in [0.15, 0.2) is 59.1 Å². The van der Waals surface area contributed by atoms with Gasteiger partial charge in [-0.15, -0.1) is 0 Å². The van der Waals surface area contributed by atoms with Crippen LogP contribution in [0.1, 0.15) is 29.4 Å². The topological polar surface area (TPSA) is 12.0 Å². The van der Waals surface area contributed by atoms with E-state index in [2.05, 4.69) is 75.8 Å². The first-order chi connectivity index (χ1) is 9.81. The molecule has 2 heteroatoms. The van der Waals surface area contributed by atoms with Crippen LogP contribution < -0.4 is 5.32 Å². The van der Waals surface area contributed by atoms with E-state index in [0.717, 1.165) is 18.4 Å². The summed E-state index contributed by atoms with van der Waals surface area (Å²) in [6.07, 6.45) is 1.30. The normalized spacial score (nSPS) is 22.5. The summed E-state index contributed by atoms with van der Waals surface area (Å²) in [6, 6.07) is 19.6. The van der Waals surface area contributed by atoms with Gasteiger partial charge in [0.1, 0.15) is 0 Å². The first kappa shape index (κ1) is 13.8. The molecular formula is C18H20BrN. The van der Waals surface area contributed by atoms with Crippen LogP contribution in [0.25, 0.3) is 0 Å². The number of rotatable bonds is 5. The average molecular weight is 330 g/mol. The third-order valence-corrected chi connectivity index (χ3v) is 5.04. The summed E-state index contributed by atoms with van der Waals surface area (Å²) < 4.78 is 1.24. The van der Waals surface area contributed by atoms with Gasteiger partial charge in [0, 0.05) is 16.9 Å². The van der Waals surface area contributed by atoms with E-state index in [1.807, 2.05) is 7.05 Å². The predicted molar refractivity (Wildman–Crippen MR) is 88.1 cm³/mol. The molecule has 3 atom stereocenters. The lowest BCUT2D eigenvalue weighted by Crippen LogP contribution is -2.19. The van der Waals surface area contributed by atoms with Crippen LogP contribution in [0.2, 0.25) is 0 Å². The molecule has 0 spiro atoms. The highest BCUT2D eigenvalue weighted by Gasteiger charge is 2.44. The standard InChI is InChI=1S/C18H20BrN/c1-20-12-17(14-9-5-6-10-18(14)19)16-11-15(16)13-7-3-2-4-8-13/h2-10,15-17,20H,11-12H2,1H3. The smallest absolute Gasteiger partial charge is 0.0210 e. The lowest BCUT2D eigenvalue weighted by atomic mass is 9.91. The number of hydrogen-bond donors (Lipinski definition) is 1. The number of likely N-dealkylation sites (N-methyl/N-ethyl adjacent to an activating group) is 1. The van der Waals surface area contributed by atoms with Crippen LogP contribution in [0.3, 0.4) is 0 Å². The van der Waals surface area contributed by atoms with Gasteiger partial charge < -0.3 is 5.32 Å². The Morgan fingerprint density at radius 1 is 1.10 bits per heavy atom. The van der Waals surface area contributed by atoms with Gasteiger partial charge in [0.15, 0.2) is 0 Å². The minimum atomic E-state index is 0.584. The van der Waals surface area contributed by atoms with Crippen LogP contribution in [0.4, 0.5) is 0 Å². The Hall–Kier alpha value is -1.12. The quantitative estimate of drug-likeness (QED) is 0.848. The second kappa shape index (κ2) is 6.11. The van der Waals surface area contributed by atoms with E-state index in [0.29, 0.717) is 5.92 Å². The van der Waals surface area contributed by atoms with Crippen molar-refractivity contribution in [2.75, 3.05) is 13.6 Å². The van der Waals surface area contributed by atoms with Gasteiger partial charge in [-0.3, -0.25) is 0 Å². The Morgan fingerprint density at radius 3 is 2.50 bits per heavy atom. The molecule has 3 rings (SSSR count). The molecule has 1 saturated carbocycles. The van der Waals surface area contributed by atoms with E-state index < -0.39 is 0 Å². The molecule has 0 saturated heterocycles. The van der Waals surface area contributed by atoms with Crippen molar-refractivity contribution < 1.29 is 0 Å². The minimum Gasteiger partial charge on any atom is -0.319 e. The summed E-state index contributed by atoms with van der Waals surface area (Å²) in [4.78, 5) is 0. The van der Waals surface area contributed by atoms with Crippen molar-refractivity contribution in [2.24, 2.45) is 5.92 Å². The van der Waals surface area contributed by atoms with Crippen molar-refractivity contribution in [1.82, 2.24) is 5.32 Å². The van der Waals surface area contributed by atoms with Crippen molar-refractivity contribution in [3.63, 3.8) is 0 Å². The summed E-state index contributed by atoms with van der Waals surface area (Å²) in [7, 11) is 2.05. The molecule has 0 radical (unpaired) electrons. The fraction of sp³-hybridized carbons (Fsp3) is 0.333. The van der Waals surface area contributed by atoms with E-state index in [1.165, 1.54) is 22.0 Å². The van der Waals surface area contributed by atoms with Gasteiger partial charge in [0.05, 0.1) is 0 Å². The second-order valence-electron chi connectivity index (χ2n) is 5.60. The van der Waals surface area contributed by atoms with Crippen LogP contribution in [-0.4, -0.2) is 13.6 Å². The lowest BCUT2D eigenvalue weighted by Gasteiger charge is -2.19. The maximum Gasteiger partial charge on any atom is 0.0210 e. The number of nitrogens with one attached hydrogen (secondary N) is 1. The van der Waals surface area contributed by atoms with Gasteiger partial charge >= 0.3 is 0 Å². The summed E-state index contributed by atoms with van der Waals surface area (Å²) in [5.41, 5.74) is 2.93. The first-order valence-corrected chi connectivity index (χ1v) is 8.04. The number of benzene rings is 2. The maximum absolute atomic E-state index is 3.71. The first-order valence-electron chi connectivity index (χ1n) is 7.25. The van der Waals surface area contributed by atoms with E-state index in [9.17, 15) is 0 Å². The van der Waals surface area contributed by atoms with Crippen LogP contribution in [0, 0.1) is 5.92 Å². The fourth-order valence-corrected chi connectivity index (χ4v) is 3.81. The lowest BCUT2D eigenvalue weighted by molar-refractivity contribution is 0.553. The number of halogens is 1. The highest BCUT2D eigenvalue weighted by atomic mass is 79.9. The zero-order valence-electron chi connectivity index (χ0n) is 11.7. The summed E-state index contributed by atoms with van der Waals surface area (Å²) >= 11 is 3.71. The van der Waals surface area contributed by atoms with E-state index in [1.54, 1.807) is 0 Å². The fourth-order valence-electron chi connectivity index (χ4n) is 3.23. The summed E-state index contributed by atoms with van der Waals surface area (Å²) in [5.74, 6) is 2.06. The Kier molecular flexibility index (Phi) is 4.23. The zero-order chi connectivity index (χ0) is 13.9. The van der Waals surface area contributed by atoms with Crippen molar-refractivity contribution in [3.05, 3.63) is 70.2 Å². The van der Waals surface area contributed by atoms with Gasteiger partial charge in [-0.2, -0.15) is 0 Å². The van der Waals surface area contributed by atoms with E-state index in [-0.39, 0.29) is 0 Å². The molecule has 0 aromatic heterocycles. The maximum atomic E-state index is 3.71. The highest BCUT2D eigenvalue weighted by molar-refractivity contribution is 9.10. The average Bonchev–Trinajstić information content (AvgIpc) is 3.27. The molecule has 0 aliphatic heterocycles. The van der Waals surface area contributed by atoms with Gasteiger partial charge in [0.2, 0.25) is 0 Å². The van der Waals surface area contributed by atoms with Gasteiger partial charge in [-0.1, -0.05) is 64.5 Å². The third kappa shape index (κ3) is 2.82. The minimum absolute atomic E-state index is 0.584. The summed E-state index contributed by atoms with van der Waals surface area (Å²) in [6.45, 7) is 1.04. The van der Waals surface area contributed by atoms with Crippen LogP contribution in [0.5, 0.6) is 0 Å². The Bertz CT molecular complexity index is 567. The summed E-state index contributed by atoms with van der Waals surface area (Å²) in [5, 5.41) is 3.37. The Labute approximate surface area is 129 Å². The molecule has 20 heavy (non-hydrogen) atoms. The monoisotopic (exact) mass is 329 g/mol. The van der Waals surface area contributed by atoms with Gasteiger partial charge in [-0.05, 0) is 42.5 Å². The van der Waals surface area contributed by atoms with Gasteiger partial charge in [-0.25, -0.2) is 0 Å². The number of hydrogen-bond acceptors (Lipinski definition) is 1. The molecule has 0 amide bonds. The Morgan fingerprint density at radius 2 is 1.80 bits per heavy atom. The molecule has 1 fully saturated rings. The second-order valence-corrected chi connectivity index (χ2v) is 6.46. The van der Waals surface area contributed by atoms with Crippen molar-refractivity contribution in [1.29, 1.82) is 0 Å². The van der Waals surface area contributed by atoms with Crippen molar-refractivity contribution >= 4 is 15.9 Å². The van der Waals surface area contributed by atoms with Crippen molar-refractivity contribution in [3.8, 4) is 0 Å². The highest BCUT2D eigenvalue weighted by Crippen LogP contribution is 2.55.